The number of nitrogens with zero attached hydrogens (tertiary/aromatic N) is 2. The lowest BCUT2D eigenvalue weighted by Gasteiger charge is -2.36. The Labute approximate surface area is 191 Å². The summed E-state index contributed by atoms with van der Waals surface area (Å²) >= 11 is 0. The van der Waals surface area contributed by atoms with Gasteiger partial charge in [0.25, 0.3) is 0 Å². The first kappa shape index (κ1) is 21.3. The Hall–Kier alpha value is -3.60. The van der Waals surface area contributed by atoms with E-state index in [0.717, 1.165) is 35.5 Å². The van der Waals surface area contributed by atoms with E-state index in [-0.39, 0.29) is 5.56 Å². The summed E-state index contributed by atoms with van der Waals surface area (Å²) < 4.78 is 28.6. The van der Waals surface area contributed by atoms with Gasteiger partial charge in [0.05, 0.1) is 0 Å². The second-order valence-electron chi connectivity index (χ2n) is 8.78. The molecule has 0 unspecified atom stereocenters. The van der Waals surface area contributed by atoms with Crippen molar-refractivity contribution in [1.29, 1.82) is 0 Å². The molecule has 0 saturated heterocycles. The van der Waals surface area contributed by atoms with Gasteiger partial charge in [-0.25, -0.2) is 4.98 Å². The van der Waals surface area contributed by atoms with E-state index in [1.807, 2.05) is 42.7 Å². The number of Topliss-reactive ketones (excluding diaryl/α,β-unsaturated/α-hetero) is 1. The quantitative estimate of drug-likeness (QED) is 0.300. The number of hydrogen-bond donors (Lipinski definition) is 0. The highest BCUT2D eigenvalue weighted by atomic mass is 19.3. The predicted molar refractivity (Wildman–Crippen MR) is 125 cm³/mol. The van der Waals surface area contributed by atoms with Gasteiger partial charge in [-0.3, -0.25) is 9.36 Å². The number of ketones is 1. The minimum Gasteiger partial charge on any atom is -0.300 e. The molecular weight excluding hydrogens is 418 g/mol. The van der Waals surface area contributed by atoms with Crippen molar-refractivity contribution in [3.05, 3.63) is 108 Å². The lowest BCUT2D eigenvalue weighted by molar-refractivity contribution is 0.0221. The maximum atomic E-state index is 13.2. The molecule has 3 aromatic carbocycles. The smallest absolute Gasteiger partial charge is 0.300 e. The standard InChI is InChI=1S/C28H24F2N2O/c1-28(29,30)26(33)21-11-7-19(8-12-21)23-17-24(18-23)20-9-13-22(14-10-20)27-31-15-16-32(27)25-5-3-2-4-6-25/h2-16,23-24H,17-18H2,1H3. The minimum absolute atomic E-state index is 0.0616. The maximum absolute atomic E-state index is 13.2. The predicted octanol–water partition coefficient (Wildman–Crippen LogP) is 7.04. The normalized spacial score (nSPS) is 18.0. The molecule has 0 bridgehead atoms. The maximum Gasteiger partial charge on any atom is 0.307 e. The monoisotopic (exact) mass is 442 g/mol. The van der Waals surface area contributed by atoms with Crippen molar-refractivity contribution >= 4 is 5.78 Å². The molecule has 1 fully saturated rings. The summed E-state index contributed by atoms with van der Waals surface area (Å²) in [5, 5.41) is 0. The van der Waals surface area contributed by atoms with Gasteiger partial charge in [0.2, 0.25) is 5.78 Å². The molecule has 4 aromatic rings. The van der Waals surface area contributed by atoms with Crippen molar-refractivity contribution in [3.63, 3.8) is 0 Å². The van der Waals surface area contributed by atoms with Crippen molar-refractivity contribution in [2.75, 3.05) is 0 Å². The molecule has 5 heteroatoms. The summed E-state index contributed by atoms with van der Waals surface area (Å²) in [5.74, 6) is -2.70. The van der Waals surface area contributed by atoms with E-state index >= 15 is 0 Å². The Morgan fingerprint density at radius 1 is 0.879 bits per heavy atom. The van der Waals surface area contributed by atoms with E-state index in [2.05, 4.69) is 45.9 Å². The van der Waals surface area contributed by atoms with Crippen molar-refractivity contribution in [2.45, 2.75) is 37.5 Å². The molecule has 1 aliphatic carbocycles. The molecule has 0 N–H and O–H groups in total. The van der Waals surface area contributed by atoms with Gasteiger partial charge in [0.15, 0.2) is 0 Å². The average molecular weight is 443 g/mol. The van der Waals surface area contributed by atoms with Gasteiger partial charge in [-0.05, 0) is 47.9 Å². The molecule has 0 radical (unpaired) electrons. The van der Waals surface area contributed by atoms with Crippen LogP contribution in [0.3, 0.4) is 0 Å². The third-order valence-corrected chi connectivity index (χ3v) is 6.50. The first-order chi connectivity index (χ1) is 15.9. The van der Waals surface area contributed by atoms with Crippen LogP contribution < -0.4 is 0 Å². The van der Waals surface area contributed by atoms with Gasteiger partial charge < -0.3 is 0 Å². The molecule has 3 nitrogen and oxygen atoms in total. The summed E-state index contributed by atoms with van der Waals surface area (Å²) in [7, 11) is 0. The van der Waals surface area contributed by atoms with Gasteiger partial charge in [0, 0.05) is 36.1 Å². The molecule has 0 aliphatic heterocycles. The number of aromatic nitrogens is 2. The van der Waals surface area contributed by atoms with E-state index in [1.54, 1.807) is 0 Å². The van der Waals surface area contributed by atoms with Gasteiger partial charge >= 0.3 is 5.92 Å². The molecule has 0 amide bonds. The molecular formula is C28H24F2N2O. The lowest BCUT2D eigenvalue weighted by Crippen LogP contribution is -2.24. The molecule has 33 heavy (non-hydrogen) atoms. The Bertz CT molecular complexity index is 1250. The zero-order valence-electron chi connectivity index (χ0n) is 18.3. The minimum atomic E-state index is -3.34. The van der Waals surface area contributed by atoms with Crippen LogP contribution in [0.25, 0.3) is 17.1 Å². The number of carbonyl (C=O) groups excluding carboxylic acids is 1. The third-order valence-electron chi connectivity index (χ3n) is 6.50. The fourth-order valence-corrected chi connectivity index (χ4v) is 4.54. The third kappa shape index (κ3) is 4.23. The molecule has 1 aliphatic rings. The molecule has 166 valence electrons. The van der Waals surface area contributed by atoms with E-state index < -0.39 is 11.7 Å². The Morgan fingerprint density at radius 3 is 2.03 bits per heavy atom. The first-order valence-corrected chi connectivity index (χ1v) is 11.1. The summed E-state index contributed by atoms with van der Waals surface area (Å²) in [5.41, 5.74) is 4.60. The highest BCUT2D eigenvalue weighted by Gasteiger charge is 2.34. The van der Waals surface area contributed by atoms with Crippen molar-refractivity contribution in [3.8, 4) is 17.1 Å². The van der Waals surface area contributed by atoms with Gasteiger partial charge in [-0.2, -0.15) is 8.78 Å². The fraction of sp³-hybridized carbons (Fsp3) is 0.214. The van der Waals surface area contributed by atoms with Crippen molar-refractivity contribution in [1.82, 2.24) is 9.55 Å². The van der Waals surface area contributed by atoms with Crippen LogP contribution in [-0.4, -0.2) is 21.3 Å². The summed E-state index contributed by atoms with van der Waals surface area (Å²) in [6, 6.07) is 25.4. The van der Waals surface area contributed by atoms with Crippen LogP contribution in [0.4, 0.5) is 8.78 Å². The number of hydrogen-bond acceptors (Lipinski definition) is 2. The second kappa shape index (κ2) is 8.39. The van der Waals surface area contributed by atoms with E-state index in [1.165, 1.54) is 17.7 Å². The summed E-state index contributed by atoms with van der Waals surface area (Å²) in [4.78, 5) is 16.3. The van der Waals surface area contributed by atoms with Crippen LogP contribution in [-0.2, 0) is 0 Å². The Balaban J connectivity index is 1.25. The highest BCUT2D eigenvalue weighted by Crippen LogP contribution is 2.47. The van der Waals surface area contributed by atoms with Crippen LogP contribution in [0.2, 0.25) is 0 Å². The number of benzene rings is 3. The lowest BCUT2D eigenvalue weighted by atomic mass is 9.68. The molecule has 1 heterocycles. The second-order valence-corrected chi connectivity index (χ2v) is 8.78. The number of para-hydroxylation sites is 1. The number of rotatable bonds is 6. The molecule has 0 atom stereocenters. The Kier molecular flexibility index (Phi) is 5.41. The fourth-order valence-electron chi connectivity index (χ4n) is 4.54. The van der Waals surface area contributed by atoms with Gasteiger partial charge in [-0.1, -0.05) is 66.7 Å². The number of alkyl halides is 2. The number of carbonyl (C=O) groups is 1. The highest BCUT2D eigenvalue weighted by molar-refractivity contribution is 6.01. The van der Waals surface area contributed by atoms with Gasteiger partial charge in [0.1, 0.15) is 5.82 Å². The van der Waals surface area contributed by atoms with Crippen LogP contribution >= 0.6 is 0 Å². The van der Waals surface area contributed by atoms with Crippen molar-refractivity contribution in [2.24, 2.45) is 0 Å². The summed E-state index contributed by atoms with van der Waals surface area (Å²) in [6.45, 7) is 0.639. The van der Waals surface area contributed by atoms with Crippen LogP contribution in [0.1, 0.15) is 53.1 Å². The van der Waals surface area contributed by atoms with Crippen LogP contribution in [0, 0.1) is 0 Å². The number of halogens is 2. The van der Waals surface area contributed by atoms with E-state index in [9.17, 15) is 13.6 Å². The average Bonchev–Trinajstić information content (AvgIpc) is 3.29. The number of imidazole rings is 1. The largest absolute Gasteiger partial charge is 0.307 e. The Morgan fingerprint density at radius 2 is 1.45 bits per heavy atom. The van der Waals surface area contributed by atoms with Gasteiger partial charge in [-0.15, -0.1) is 0 Å². The van der Waals surface area contributed by atoms with Crippen molar-refractivity contribution < 1.29 is 13.6 Å². The SMILES string of the molecule is CC(F)(F)C(=O)c1ccc(C2CC(c3ccc(-c4nccn4-c4ccccc4)cc3)C2)cc1. The molecule has 5 rings (SSSR count). The zero-order chi connectivity index (χ0) is 23.0. The van der Waals surface area contributed by atoms with E-state index in [4.69, 9.17) is 0 Å². The zero-order valence-corrected chi connectivity index (χ0v) is 18.3. The topological polar surface area (TPSA) is 34.9 Å². The van der Waals surface area contributed by atoms with E-state index in [0.29, 0.717) is 18.8 Å². The molecule has 1 saturated carbocycles. The molecule has 1 aromatic heterocycles. The van der Waals surface area contributed by atoms with Crippen LogP contribution in [0.5, 0.6) is 0 Å². The molecule has 0 spiro atoms. The van der Waals surface area contributed by atoms with Crippen LogP contribution in [0.15, 0.2) is 91.3 Å². The first-order valence-electron chi connectivity index (χ1n) is 11.1. The summed E-state index contributed by atoms with van der Waals surface area (Å²) in [6.07, 6.45) is 5.80.